The first kappa shape index (κ1) is 13.4. The highest BCUT2D eigenvalue weighted by molar-refractivity contribution is 6.42. The fourth-order valence-corrected chi connectivity index (χ4v) is 1.70. The van der Waals surface area contributed by atoms with Crippen molar-refractivity contribution < 1.29 is 0 Å². The van der Waals surface area contributed by atoms with E-state index in [1.807, 2.05) is 6.07 Å². The van der Waals surface area contributed by atoms with Gasteiger partial charge in [-0.3, -0.25) is 0 Å². The Morgan fingerprint density at radius 1 is 1.32 bits per heavy atom. The highest BCUT2D eigenvalue weighted by atomic mass is 35.5. The third-order valence-electron chi connectivity index (χ3n) is 2.35. The average Bonchev–Trinajstić information content (AvgIpc) is 2.41. The zero-order chi connectivity index (χ0) is 13.8. The molecule has 1 aromatic heterocycles. The minimum Gasteiger partial charge on any atom is -0.381 e. The van der Waals surface area contributed by atoms with Crippen molar-refractivity contribution in [3.8, 4) is 6.07 Å². The molecule has 0 saturated carbocycles. The Morgan fingerprint density at radius 3 is 2.79 bits per heavy atom. The van der Waals surface area contributed by atoms with Crippen LogP contribution in [0.2, 0.25) is 10.0 Å². The lowest BCUT2D eigenvalue weighted by molar-refractivity contribution is 1.00. The predicted octanol–water partition coefficient (Wildman–Crippen LogP) is 2.85. The van der Waals surface area contributed by atoms with Crippen LogP contribution in [0, 0.1) is 11.3 Å². The molecular formula is C12H9Cl2N5. The van der Waals surface area contributed by atoms with Gasteiger partial charge >= 0.3 is 0 Å². The van der Waals surface area contributed by atoms with Gasteiger partial charge in [0, 0.05) is 5.69 Å². The molecule has 0 unspecified atom stereocenters. The van der Waals surface area contributed by atoms with Crippen LogP contribution in [0.15, 0.2) is 24.4 Å². The first-order valence-electron chi connectivity index (χ1n) is 5.30. The van der Waals surface area contributed by atoms with Crippen LogP contribution in [0.25, 0.3) is 0 Å². The Bertz CT molecular complexity index is 651. The van der Waals surface area contributed by atoms with E-state index in [1.165, 1.54) is 6.20 Å². The molecule has 3 N–H and O–H groups in total. The molecule has 0 radical (unpaired) electrons. The topological polar surface area (TPSA) is 87.6 Å². The van der Waals surface area contributed by atoms with E-state index >= 15 is 0 Å². The second kappa shape index (κ2) is 5.74. The standard InChI is InChI=1S/C12H9Cl2N5/c13-9-2-1-7(3-10(9)14)17-5-8-6-18-12(16)11(4-15)19-8/h1-3,6,17H,5H2,(H2,16,18). The van der Waals surface area contributed by atoms with E-state index in [2.05, 4.69) is 15.3 Å². The van der Waals surface area contributed by atoms with Crippen molar-refractivity contribution in [1.29, 1.82) is 5.26 Å². The Morgan fingerprint density at radius 2 is 2.11 bits per heavy atom. The van der Waals surface area contributed by atoms with Crippen molar-refractivity contribution >= 4 is 34.7 Å². The first-order chi connectivity index (χ1) is 9.10. The summed E-state index contributed by atoms with van der Waals surface area (Å²) in [6, 6.07) is 7.09. The molecule has 0 bridgehead atoms. The van der Waals surface area contributed by atoms with Gasteiger partial charge in [0.1, 0.15) is 6.07 Å². The van der Waals surface area contributed by atoms with E-state index in [0.29, 0.717) is 22.3 Å². The SMILES string of the molecule is N#Cc1nc(CNc2ccc(Cl)c(Cl)c2)cnc1N. The molecule has 0 aliphatic heterocycles. The number of hydrogen-bond acceptors (Lipinski definition) is 5. The molecule has 0 aliphatic rings. The lowest BCUT2D eigenvalue weighted by atomic mass is 10.3. The molecular weight excluding hydrogens is 285 g/mol. The van der Waals surface area contributed by atoms with Crippen LogP contribution in [0.3, 0.4) is 0 Å². The van der Waals surface area contributed by atoms with Crippen molar-refractivity contribution in [3.05, 3.63) is 45.8 Å². The predicted molar refractivity (Wildman–Crippen MR) is 74.9 cm³/mol. The fraction of sp³-hybridized carbons (Fsp3) is 0.0833. The quantitative estimate of drug-likeness (QED) is 0.908. The normalized spacial score (nSPS) is 9.95. The number of rotatable bonds is 3. The Labute approximate surface area is 120 Å². The number of nitriles is 1. The molecule has 0 amide bonds. The van der Waals surface area contributed by atoms with Gasteiger partial charge in [-0.15, -0.1) is 0 Å². The van der Waals surface area contributed by atoms with Crippen LogP contribution in [-0.4, -0.2) is 9.97 Å². The van der Waals surface area contributed by atoms with Crippen molar-refractivity contribution in [2.24, 2.45) is 0 Å². The smallest absolute Gasteiger partial charge is 0.183 e. The van der Waals surface area contributed by atoms with E-state index < -0.39 is 0 Å². The summed E-state index contributed by atoms with van der Waals surface area (Å²) in [4.78, 5) is 7.98. The van der Waals surface area contributed by atoms with Gasteiger partial charge in [-0.2, -0.15) is 5.26 Å². The zero-order valence-electron chi connectivity index (χ0n) is 9.69. The van der Waals surface area contributed by atoms with E-state index in [4.69, 9.17) is 34.2 Å². The summed E-state index contributed by atoms with van der Waals surface area (Å²) in [6.07, 6.45) is 1.51. The molecule has 7 heteroatoms. The summed E-state index contributed by atoms with van der Waals surface area (Å²) in [5, 5.41) is 12.9. The number of hydrogen-bond donors (Lipinski definition) is 2. The van der Waals surface area contributed by atoms with Gasteiger partial charge in [-0.25, -0.2) is 9.97 Å². The molecule has 1 heterocycles. The minimum absolute atomic E-state index is 0.119. The maximum absolute atomic E-state index is 8.81. The van der Waals surface area contributed by atoms with Crippen molar-refractivity contribution in [2.75, 3.05) is 11.1 Å². The molecule has 19 heavy (non-hydrogen) atoms. The molecule has 0 atom stereocenters. The molecule has 2 aromatic rings. The number of nitrogen functional groups attached to an aromatic ring is 1. The lowest BCUT2D eigenvalue weighted by Gasteiger charge is -2.07. The van der Waals surface area contributed by atoms with Gasteiger partial charge in [0.05, 0.1) is 28.5 Å². The lowest BCUT2D eigenvalue weighted by Crippen LogP contribution is -2.06. The Balaban J connectivity index is 2.10. The van der Waals surface area contributed by atoms with Gasteiger partial charge in [0.2, 0.25) is 0 Å². The van der Waals surface area contributed by atoms with Crippen LogP contribution >= 0.6 is 23.2 Å². The van der Waals surface area contributed by atoms with Gasteiger partial charge in [0.15, 0.2) is 11.5 Å². The summed E-state index contributed by atoms with van der Waals surface area (Å²) in [5.41, 5.74) is 7.02. The van der Waals surface area contributed by atoms with Crippen LogP contribution in [0.5, 0.6) is 0 Å². The second-order valence-corrected chi connectivity index (χ2v) is 4.50. The van der Waals surface area contributed by atoms with E-state index in [0.717, 1.165) is 5.69 Å². The molecule has 0 spiro atoms. The largest absolute Gasteiger partial charge is 0.381 e. The molecule has 96 valence electrons. The van der Waals surface area contributed by atoms with E-state index in [1.54, 1.807) is 18.2 Å². The Hall–Kier alpha value is -2.03. The van der Waals surface area contributed by atoms with Crippen LogP contribution in [-0.2, 0) is 6.54 Å². The summed E-state index contributed by atoms with van der Waals surface area (Å²) in [7, 11) is 0. The van der Waals surface area contributed by atoms with Crippen molar-refractivity contribution in [1.82, 2.24) is 9.97 Å². The number of nitrogens with zero attached hydrogens (tertiary/aromatic N) is 3. The third-order valence-corrected chi connectivity index (χ3v) is 3.09. The van der Waals surface area contributed by atoms with Crippen LogP contribution in [0.4, 0.5) is 11.5 Å². The summed E-state index contributed by atoms with van der Waals surface area (Å²) in [5.74, 6) is 0.126. The van der Waals surface area contributed by atoms with Gasteiger partial charge < -0.3 is 11.1 Å². The molecule has 2 rings (SSSR count). The molecule has 0 saturated heterocycles. The van der Waals surface area contributed by atoms with Crippen LogP contribution < -0.4 is 11.1 Å². The van der Waals surface area contributed by atoms with Crippen molar-refractivity contribution in [3.63, 3.8) is 0 Å². The zero-order valence-corrected chi connectivity index (χ0v) is 11.2. The fourth-order valence-electron chi connectivity index (χ4n) is 1.40. The van der Waals surface area contributed by atoms with Gasteiger partial charge in [-0.05, 0) is 18.2 Å². The second-order valence-electron chi connectivity index (χ2n) is 3.69. The highest BCUT2D eigenvalue weighted by Gasteiger charge is 2.04. The molecule has 0 fully saturated rings. The number of anilines is 2. The highest BCUT2D eigenvalue weighted by Crippen LogP contribution is 2.25. The summed E-state index contributed by atoms with van der Waals surface area (Å²) >= 11 is 11.7. The maximum atomic E-state index is 8.81. The van der Waals surface area contributed by atoms with Crippen molar-refractivity contribution in [2.45, 2.75) is 6.54 Å². The number of nitrogens with two attached hydrogens (primary N) is 1. The molecule has 0 aliphatic carbocycles. The average molecular weight is 294 g/mol. The molecule has 1 aromatic carbocycles. The number of benzene rings is 1. The van der Waals surface area contributed by atoms with E-state index in [9.17, 15) is 0 Å². The monoisotopic (exact) mass is 293 g/mol. The maximum Gasteiger partial charge on any atom is 0.183 e. The van der Waals surface area contributed by atoms with Crippen LogP contribution in [0.1, 0.15) is 11.4 Å². The molecule has 5 nitrogen and oxygen atoms in total. The minimum atomic E-state index is 0.119. The number of halogens is 2. The van der Waals surface area contributed by atoms with E-state index in [-0.39, 0.29) is 11.5 Å². The van der Waals surface area contributed by atoms with Gasteiger partial charge in [-0.1, -0.05) is 23.2 Å². The third kappa shape index (κ3) is 3.25. The Kier molecular flexibility index (Phi) is 4.05. The van der Waals surface area contributed by atoms with Gasteiger partial charge in [0.25, 0.3) is 0 Å². The summed E-state index contributed by atoms with van der Waals surface area (Å²) in [6.45, 7) is 0.403. The first-order valence-corrected chi connectivity index (χ1v) is 6.06. The number of aromatic nitrogens is 2. The summed E-state index contributed by atoms with van der Waals surface area (Å²) < 4.78 is 0. The number of nitrogens with one attached hydrogen (secondary N) is 1.